The van der Waals surface area contributed by atoms with Crippen LogP contribution in [0.25, 0.3) is 0 Å². The maximum atomic E-state index is 11.8. The quantitative estimate of drug-likeness (QED) is 0.800. The maximum absolute atomic E-state index is 11.8. The molecule has 0 aromatic heterocycles. The Morgan fingerprint density at radius 1 is 1.22 bits per heavy atom. The summed E-state index contributed by atoms with van der Waals surface area (Å²) in [7, 11) is 0. The Hall–Kier alpha value is -1.78. The molecule has 100 valence electrons. The Kier molecular flexibility index (Phi) is 4.53. The first kappa shape index (κ1) is 14.3. The van der Waals surface area contributed by atoms with Crippen LogP contribution in [0.3, 0.4) is 0 Å². The Labute approximate surface area is 107 Å². The second kappa shape index (κ2) is 5.71. The Morgan fingerprint density at radius 3 is 2.28 bits per heavy atom. The zero-order chi connectivity index (χ0) is 13.8. The Balaban J connectivity index is 2.37. The fourth-order valence-electron chi connectivity index (χ4n) is 1.37. The second-order valence-corrected chi connectivity index (χ2v) is 5.17. The zero-order valence-electron chi connectivity index (χ0n) is 11.2. The van der Waals surface area contributed by atoms with E-state index >= 15 is 0 Å². The largest absolute Gasteiger partial charge is 0.444 e. The molecule has 0 aromatic carbocycles. The molecule has 0 aliphatic heterocycles. The van der Waals surface area contributed by atoms with Gasteiger partial charge in [-0.2, -0.15) is 0 Å². The molecule has 0 saturated heterocycles. The van der Waals surface area contributed by atoms with Crippen LogP contribution in [-0.4, -0.2) is 29.7 Å². The molecule has 0 aromatic rings. The highest BCUT2D eigenvalue weighted by Gasteiger charge is 2.21. The first-order valence-electron chi connectivity index (χ1n) is 5.93. The summed E-state index contributed by atoms with van der Waals surface area (Å²) in [6, 6.07) is -0.734. The van der Waals surface area contributed by atoms with E-state index in [4.69, 9.17) is 4.74 Å². The lowest BCUT2D eigenvalue weighted by Crippen LogP contribution is -2.48. The third-order valence-corrected chi connectivity index (χ3v) is 2.18. The van der Waals surface area contributed by atoms with Gasteiger partial charge < -0.3 is 15.4 Å². The zero-order valence-corrected chi connectivity index (χ0v) is 11.2. The lowest BCUT2D eigenvalue weighted by Gasteiger charge is -2.22. The summed E-state index contributed by atoms with van der Waals surface area (Å²) in [5.74, 6) is -0.248. The van der Waals surface area contributed by atoms with Crippen molar-refractivity contribution in [1.29, 1.82) is 0 Å². The molecular formula is C13H20N2O3. The average molecular weight is 252 g/mol. The highest BCUT2D eigenvalue weighted by molar-refractivity contribution is 5.85. The van der Waals surface area contributed by atoms with Crippen LogP contribution in [-0.2, 0) is 9.53 Å². The fourth-order valence-corrected chi connectivity index (χ4v) is 1.37. The van der Waals surface area contributed by atoms with Gasteiger partial charge in [-0.05, 0) is 27.7 Å². The number of nitrogens with one attached hydrogen (secondary N) is 2. The number of alkyl carbamates (subject to hydrolysis) is 1. The molecule has 0 radical (unpaired) electrons. The summed E-state index contributed by atoms with van der Waals surface area (Å²) in [4.78, 5) is 23.2. The van der Waals surface area contributed by atoms with Gasteiger partial charge in [0.05, 0.1) is 6.04 Å². The molecule has 5 nitrogen and oxygen atoms in total. The lowest BCUT2D eigenvalue weighted by molar-refractivity contribution is -0.122. The average Bonchev–Trinajstić information content (AvgIpc) is 2.66. The van der Waals surface area contributed by atoms with Crippen molar-refractivity contribution in [2.24, 2.45) is 0 Å². The number of hydrogen-bond acceptors (Lipinski definition) is 3. The van der Waals surface area contributed by atoms with E-state index in [0.29, 0.717) is 0 Å². The molecule has 1 atom stereocenters. The molecule has 0 saturated carbocycles. The van der Waals surface area contributed by atoms with Crippen molar-refractivity contribution in [2.75, 3.05) is 0 Å². The molecule has 0 bridgehead atoms. The highest BCUT2D eigenvalue weighted by atomic mass is 16.6. The summed E-state index contributed by atoms with van der Waals surface area (Å²) in [6.07, 6.45) is 6.84. The Bertz CT molecular complexity index is 368. The van der Waals surface area contributed by atoms with Gasteiger partial charge in [-0.1, -0.05) is 24.3 Å². The highest BCUT2D eigenvalue weighted by Crippen LogP contribution is 2.06. The minimum atomic E-state index is -0.637. The number of carbonyl (C=O) groups is 2. The summed E-state index contributed by atoms with van der Waals surface area (Å²) in [5, 5.41) is 5.25. The van der Waals surface area contributed by atoms with Gasteiger partial charge >= 0.3 is 6.09 Å². The summed E-state index contributed by atoms with van der Waals surface area (Å²) in [5.41, 5.74) is -0.572. The minimum Gasteiger partial charge on any atom is -0.444 e. The smallest absolute Gasteiger partial charge is 0.408 e. The van der Waals surface area contributed by atoms with Crippen LogP contribution in [0, 0.1) is 0 Å². The van der Waals surface area contributed by atoms with E-state index in [2.05, 4.69) is 10.6 Å². The van der Waals surface area contributed by atoms with E-state index in [1.807, 2.05) is 24.3 Å². The molecule has 1 aliphatic rings. The van der Waals surface area contributed by atoms with Crippen molar-refractivity contribution >= 4 is 12.0 Å². The van der Waals surface area contributed by atoms with Crippen LogP contribution in [0.1, 0.15) is 27.7 Å². The number of ether oxygens (including phenoxy) is 1. The van der Waals surface area contributed by atoms with Crippen LogP contribution in [0.4, 0.5) is 4.79 Å². The SMILES string of the molecule is C[C@H](NC(=O)OC(C)(C)C)C(=O)NC1C=CC=C1. The molecule has 1 aliphatic carbocycles. The molecule has 0 fully saturated rings. The van der Waals surface area contributed by atoms with E-state index in [-0.39, 0.29) is 11.9 Å². The third-order valence-electron chi connectivity index (χ3n) is 2.18. The van der Waals surface area contributed by atoms with Gasteiger partial charge in [0, 0.05) is 0 Å². The van der Waals surface area contributed by atoms with Gasteiger partial charge in [0.15, 0.2) is 0 Å². The number of allylic oxidation sites excluding steroid dienone is 2. The molecule has 0 unspecified atom stereocenters. The second-order valence-electron chi connectivity index (χ2n) is 5.17. The first-order chi connectivity index (χ1) is 8.28. The van der Waals surface area contributed by atoms with E-state index in [9.17, 15) is 9.59 Å². The molecule has 2 amide bonds. The topological polar surface area (TPSA) is 67.4 Å². The third kappa shape index (κ3) is 5.03. The van der Waals surface area contributed by atoms with Gasteiger partial charge in [-0.15, -0.1) is 0 Å². The summed E-state index contributed by atoms with van der Waals surface area (Å²) in [6.45, 7) is 6.92. The lowest BCUT2D eigenvalue weighted by atomic mass is 10.2. The number of rotatable bonds is 3. The summed E-state index contributed by atoms with van der Waals surface area (Å²) >= 11 is 0. The van der Waals surface area contributed by atoms with Crippen molar-refractivity contribution in [3.63, 3.8) is 0 Å². The normalized spacial score (nSPS) is 16.4. The van der Waals surface area contributed by atoms with Crippen molar-refractivity contribution < 1.29 is 14.3 Å². The minimum absolute atomic E-state index is 0.0969. The molecule has 1 rings (SSSR count). The van der Waals surface area contributed by atoms with Crippen molar-refractivity contribution in [3.05, 3.63) is 24.3 Å². The number of carbonyl (C=O) groups excluding carboxylic acids is 2. The van der Waals surface area contributed by atoms with Gasteiger partial charge in [0.25, 0.3) is 0 Å². The van der Waals surface area contributed by atoms with Gasteiger partial charge in [-0.25, -0.2) is 4.79 Å². The molecule has 18 heavy (non-hydrogen) atoms. The first-order valence-corrected chi connectivity index (χ1v) is 5.93. The standard InChI is InChI=1S/C13H20N2O3/c1-9(14-12(17)18-13(2,3)4)11(16)15-10-7-5-6-8-10/h5-10H,1-4H3,(H,14,17)(H,15,16)/t9-/m0/s1. The number of amides is 2. The van der Waals surface area contributed by atoms with Gasteiger partial charge in [-0.3, -0.25) is 4.79 Å². The fraction of sp³-hybridized carbons (Fsp3) is 0.538. The van der Waals surface area contributed by atoms with Crippen molar-refractivity contribution in [1.82, 2.24) is 10.6 Å². The van der Waals surface area contributed by atoms with Crippen molar-refractivity contribution in [3.8, 4) is 0 Å². The molecular weight excluding hydrogens is 232 g/mol. The molecule has 2 N–H and O–H groups in total. The van der Waals surface area contributed by atoms with Crippen LogP contribution in [0.5, 0.6) is 0 Å². The summed E-state index contributed by atoms with van der Waals surface area (Å²) < 4.78 is 5.07. The van der Waals surface area contributed by atoms with Crippen LogP contribution >= 0.6 is 0 Å². The van der Waals surface area contributed by atoms with Crippen LogP contribution in [0.15, 0.2) is 24.3 Å². The van der Waals surface area contributed by atoms with E-state index < -0.39 is 17.7 Å². The van der Waals surface area contributed by atoms with Crippen LogP contribution in [0.2, 0.25) is 0 Å². The predicted octanol–water partition coefficient (Wildman–Crippen LogP) is 1.51. The number of hydrogen-bond donors (Lipinski definition) is 2. The maximum Gasteiger partial charge on any atom is 0.408 e. The van der Waals surface area contributed by atoms with Crippen LogP contribution < -0.4 is 10.6 Å². The molecule has 0 spiro atoms. The van der Waals surface area contributed by atoms with E-state index in [1.165, 1.54) is 0 Å². The van der Waals surface area contributed by atoms with Crippen molar-refractivity contribution in [2.45, 2.75) is 45.4 Å². The van der Waals surface area contributed by atoms with E-state index in [1.54, 1.807) is 27.7 Å². The Morgan fingerprint density at radius 2 is 1.78 bits per heavy atom. The predicted molar refractivity (Wildman–Crippen MR) is 69.0 cm³/mol. The molecule has 5 heteroatoms. The van der Waals surface area contributed by atoms with E-state index in [0.717, 1.165) is 0 Å². The molecule has 0 heterocycles. The van der Waals surface area contributed by atoms with Gasteiger partial charge in [0.2, 0.25) is 5.91 Å². The van der Waals surface area contributed by atoms with Gasteiger partial charge in [0.1, 0.15) is 11.6 Å². The monoisotopic (exact) mass is 252 g/mol.